The summed E-state index contributed by atoms with van der Waals surface area (Å²) in [6.45, 7) is 1.11. The molecule has 10 heteroatoms. The van der Waals surface area contributed by atoms with Crippen LogP contribution in [-0.2, 0) is 30.1 Å². The molecule has 3 aliphatic rings. The van der Waals surface area contributed by atoms with E-state index in [0.29, 0.717) is 13.1 Å². The highest BCUT2D eigenvalue weighted by atomic mass is 32.2. The lowest BCUT2D eigenvalue weighted by Crippen LogP contribution is -2.66. The minimum Gasteiger partial charge on any atom is -0.434 e. The summed E-state index contributed by atoms with van der Waals surface area (Å²) in [4.78, 5) is 28.5. The molecule has 186 valence electrons. The number of esters is 1. The number of nitrogens with zero attached hydrogens (tertiary/aromatic N) is 2. The van der Waals surface area contributed by atoms with Crippen molar-refractivity contribution in [3.05, 3.63) is 71.8 Å². The number of nitrogens with one attached hydrogen (secondary N) is 2. The Morgan fingerprint density at radius 2 is 1.69 bits per heavy atom. The first-order valence-electron chi connectivity index (χ1n) is 11.9. The molecule has 3 fully saturated rings. The van der Waals surface area contributed by atoms with Gasteiger partial charge in [-0.15, -0.1) is 0 Å². The smallest absolute Gasteiger partial charge is 0.327 e. The molecule has 1 aliphatic carbocycles. The van der Waals surface area contributed by atoms with Crippen molar-refractivity contribution in [2.24, 2.45) is 0 Å². The summed E-state index contributed by atoms with van der Waals surface area (Å²) < 4.78 is 31.8. The number of rotatable bonds is 8. The van der Waals surface area contributed by atoms with E-state index >= 15 is 0 Å². The van der Waals surface area contributed by atoms with Crippen LogP contribution < -0.4 is 10.6 Å². The Balaban J connectivity index is 1.45. The number of sulfonamides is 1. The maximum absolute atomic E-state index is 13.5. The normalized spacial score (nSPS) is 24.1. The quantitative estimate of drug-likeness (QED) is 0.514. The van der Waals surface area contributed by atoms with Gasteiger partial charge >= 0.3 is 5.97 Å². The molecule has 0 radical (unpaired) electrons. The molecule has 2 aromatic rings. The van der Waals surface area contributed by atoms with Crippen LogP contribution in [0.25, 0.3) is 0 Å². The third-order valence-corrected chi connectivity index (χ3v) is 8.21. The van der Waals surface area contributed by atoms with E-state index in [4.69, 9.17) is 4.74 Å². The van der Waals surface area contributed by atoms with E-state index in [1.165, 1.54) is 10.6 Å². The van der Waals surface area contributed by atoms with Gasteiger partial charge in [-0.05, 0) is 12.8 Å². The van der Waals surface area contributed by atoms with Gasteiger partial charge in [-0.3, -0.25) is 9.59 Å². The topological polar surface area (TPSA) is 108 Å². The molecule has 5 rings (SSSR count). The fraction of sp³-hybridized carbons (Fsp3) is 0.440. The van der Waals surface area contributed by atoms with Crippen molar-refractivity contribution in [2.45, 2.75) is 36.7 Å². The molecular weight excluding hydrogens is 468 g/mol. The summed E-state index contributed by atoms with van der Waals surface area (Å²) in [5, 5.41) is 6.11. The maximum Gasteiger partial charge on any atom is 0.327 e. The van der Waals surface area contributed by atoms with Crippen LogP contribution in [0, 0.1) is 0 Å². The Morgan fingerprint density at radius 1 is 1.09 bits per heavy atom. The first kappa shape index (κ1) is 23.9. The molecule has 2 unspecified atom stereocenters. The van der Waals surface area contributed by atoms with E-state index in [1.807, 2.05) is 65.6 Å². The summed E-state index contributed by atoms with van der Waals surface area (Å²) in [5.74, 6) is -0.666. The van der Waals surface area contributed by atoms with Crippen molar-refractivity contribution in [1.29, 1.82) is 0 Å². The van der Waals surface area contributed by atoms with Crippen LogP contribution in [0.1, 0.15) is 24.0 Å². The number of ether oxygens (including phenoxy) is 1. The molecule has 2 N–H and O–H groups in total. The maximum atomic E-state index is 13.5. The van der Waals surface area contributed by atoms with E-state index in [0.717, 1.165) is 24.0 Å². The van der Waals surface area contributed by atoms with Gasteiger partial charge in [0.1, 0.15) is 12.1 Å². The van der Waals surface area contributed by atoms with Gasteiger partial charge in [0, 0.05) is 43.3 Å². The number of fused-ring (bicyclic) bond motifs is 1. The van der Waals surface area contributed by atoms with Crippen LogP contribution in [0.15, 0.2) is 60.7 Å². The SMILES string of the molecule is CS(=O)(=O)N(CCNC(=O)C1CNCC2C(=O)OC(c3ccccc3)(c3ccccc3)N12)C1CC1. The Morgan fingerprint density at radius 3 is 2.23 bits per heavy atom. The minimum absolute atomic E-state index is 0.0241. The number of hydrogen-bond acceptors (Lipinski definition) is 7. The average Bonchev–Trinajstić information content (AvgIpc) is 3.65. The zero-order valence-corrected chi connectivity index (χ0v) is 20.4. The van der Waals surface area contributed by atoms with Crippen LogP contribution in [-0.4, -0.2) is 80.1 Å². The standard InChI is InChI=1S/C25H30N4O5S/c1-35(32,33)28(20-12-13-20)15-14-27-23(30)21-16-26-17-22-24(31)34-25(29(21)22,18-8-4-2-5-9-18)19-10-6-3-7-11-19/h2-11,20-22,26H,12-17H2,1H3,(H,27,30). The Labute approximate surface area is 205 Å². The average molecular weight is 499 g/mol. The molecule has 1 amide bonds. The Hall–Kier alpha value is -2.79. The van der Waals surface area contributed by atoms with Crippen molar-refractivity contribution in [3.8, 4) is 0 Å². The van der Waals surface area contributed by atoms with Gasteiger partial charge in [0.05, 0.1) is 6.26 Å². The predicted octanol–water partition coefficient (Wildman–Crippen LogP) is 0.627. The van der Waals surface area contributed by atoms with Crippen LogP contribution in [0.2, 0.25) is 0 Å². The van der Waals surface area contributed by atoms with Crippen molar-refractivity contribution in [2.75, 3.05) is 32.4 Å². The minimum atomic E-state index is -3.34. The number of benzene rings is 2. The second kappa shape index (κ2) is 9.34. The zero-order chi connectivity index (χ0) is 24.6. The molecule has 2 saturated heterocycles. The summed E-state index contributed by atoms with van der Waals surface area (Å²) in [6.07, 6.45) is 2.89. The fourth-order valence-corrected chi connectivity index (χ4v) is 6.37. The van der Waals surface area contributed by atoms with Crippen molar-refractivity contribution < 1.29 is 22.7 Å². The van der Waals surface area contributed by atoms with Crippen molar-refractivity contribution >= 4 is 21.9 Å². The number of hydrogen-bond donors (Lipinski definition) is 2. The van der Waals surface area contributed by atoms with Crippen molar-refractivity contribution in [3.63, 3.8) is 0 Å². The third-order valence-electron chi connectivity index (χ3n) is 6.88. The van der Waals surface area contributed by atoms with Crippen molar-refractivity contribution in [1.82, 2.24) is 19.8 Å². The lowest BCUT2D eigenvalue weighted by Gasteiger charge is -2.44. The van der Waals surface area contributed by atoms with Crippen LogP contribution in [0.4, 0.5) is 0 Å². The summed E-state index contributed by atoms with van der Waals surface area (Å²) in [5.41, 5.74) is 0.277. The van der Waals surface area contributed by atoms with Gasteiger partial charge in [-0.2, -0.15) is 4.31 Å². The van der Waals surface area contributed by atoms with Crippen LogP contribution in [0.5, 0.6) is 0 Å². The second-order valence-electron chi connectivity index (χ2n) is 9.29. The first-order valence-corrected chi connectivity index (χ1v) is 13.7. The molecule has 0 spiro atoms. The Bertz CT molecular complexity index is 1150. The van der Waals surface area contributed by atoms with Crippen LogP contribution >= 0.6 is 0 Å². The number of carbonyl (C=O) groups excluding carboxylic acids is 2. The molecule has 2 aromatic carbocycles. The molecular formula is C25H30N4O5S. The highest BCUT2D eigenvalue weighted by molar-refractivity contribution is 7.88. The van der Waals surface area contributed by atoms with Gasteiger partial charge in [0.2, 0.25) is 21.7 Å². The van der Waals surface area contributed by atoms with Gasteiger partial charge in [-0.25, -0.2) is 13.3 Å². The van der Waals surface area contributed by atoms with E-state index in [-0.39, 0.29) is 31.0 Å². The molecule has 2 heterocycles. The molecule has 2 atom stereocenters. The Kier molecular flexibility index (Phi) is 6.39. The summed E-state index contributed by atoms with van der Waals surface area (Å²) in [6, 6.07) is 17.6. The molecule has 1 saturated carbocycles. The third kappa shape index (κ3) is 4.47. The predicted molar refractivity (Wildman–Crippen MR) is 130 cm³/mol. The summed E-state index contributed by atoms with van der Waals surface area (Å²) >= 11 is 0. The van der Waals surface area contributed by atoms with Gasteiger partial charge in [0.25, 0.3) is 0 Å². The monoisotopic (exact) mass is 498 g/mol. The van der Waals surface area contributed by atoms with Crippen LogP contribution in [0.3, 0.4) is 0 Å². The highest BCUT2D eigenvalue weighted by Gasteiger charge is 2.60. The fourth-order valence-electron chi connectivity index (χ4n) is 5.19. The molecule has 2 aliphatic heterocycles. The van der Waals surface area contributed by atoms with Gasteiger partial charge < -0.3 is 15.4 Å². The number of piperazine rings is 1. The zero-order valence-electron chi connectivity index (χ0n) is 19.6. The number of carbonyl (C=O) groups is 2. The second-order valence-corrected chi connectivity index (χ2v) is 11.2. The van der Waals surface area contributed by atoms with E-state index in [9.17, 15) is 18.0 Å². The number of amides is 1. The molecule has 35 heavy (non-hydrogen) atoms. The van der Waals surface area contributed by atoms with E-state index in [2.05, 4.69) is 10.6 Å². The molecule has 0 aromatic heterocycles. The van der Waals surface area contributed by atoms with Gasteiger partial charge in [0.15, 0.2) is 0 Å². The van der Waals surface area contributed by atoms with E-state index in [1.54, 1.807) is 0 Å². The summed E-state index contributed by atoms with van der Waals surface area (Å²) in [7, 11) is -3.34. The highest BCUT2D eigenvalue weighted by Crippen LogP contribution is 2.45. The number of cyclic esters (lactones) is 1. The first-order chi connectivity index (χ1) is 16.8. The molecule has 0 bridgehead atoms. The largest absolute Gasteiger partial charge is 0.434 e. The van der Waals surface area contributed by atoms with E-state index < -0.39 is 27.8 Å². The lowest BCUT2D eigenvalue weighted by atomic mass is 9.90. The lowest BCUT2D eigenvalue weighted by molar-refractivity contribution is -0.153. The van der Waals surface area contributed by atoms with Gasteiger partial charge in [-0.1, -0.05) is 60.7 Å². The molecule has 9 nitrogen and oxygen atoms in total.